The fourth-order valence-corrected chi connectivity index (χ4v) is 10.3. The van der Waals surface area contributed by atoms with Gasteiger partial charge in [-0.1, -0.05) is 109 Å². The average molecular weight is 968 g/mol. The topological polar surface area (TPSA) is 90.9 Å². The van der Waals surface area contributed by atoms with Crippen LogP contribution in [0.15, 0.2) is 207 Å². The third-order valence-corrected chi connectivity index (χ3v) is 14.1. The van der Waals surface area contributed by atoms with Crippen LogP contribution in [0.2, 0.25) is 0 Å². The Balaban J connectivity index is 1.07. The lowest BCUT2D eigenvalue weighted by molar-refractivity contribution is -0.0499. The normalized spacial score (nSPS) is 12.1. The van der Waals surface area contributed by atoms with E-state index in [0.717, 1.165) is 94.3 Å². The minimum atomic E-state index is -6.08. The summed E-state index contributed by atoms with van der Waals surface area (Å²) in [5.41, 5.74) is 8.28. The van der Waals surface area contributed by atoms with Crippen LogP contribution in [0.5, 0.6) is 5.75 Å². The molecule has 8 nitrogen and oxygen atoms in total. The highest BCUT2D eigenvalue weighted by molar-refractivity contribution is 7.88. The van der Waals surface area contributed by atoms with Crippen molar-refractivity contribution >= 4 is 43.0 Å². The molecule has 12 aromatic rings. The molecule has 0 N–H and O–H groups in total. The van der Waals surface area contributed by atoms with E-state index in [1.807, 2.05) is 83.8 Å². The molecule has 72 heavy (non-hydrogen) atoms. The first-order chi connectivity index (χ1) is 34.8. The molecule has 0 aliphatic heterocycles. The highest BCUT2D eigenvalue weighted by atomic mass is 32.2. The second-order valence-corrected chi connectivity index (χ2v) is 19.3. The summed E-state index contributed by atoms with van der Waals surface area (Å²) in [6.07, 6.45) is 9.60. The number of hydrogen-bond donors (Lipinski definition) is 0. The zero-order chi connectivity index (χ0) is 49.3. The number of fused-ring (bicyclic) bond motifs is 6. The molecule has 0 atom stereocenters. The van der Waals surface area contributed by atoms with Crippen LogP contribution < -0.4 is 4.18 Å². The molecule has 0 saturated carbocycles. The van der Waals surface area contributed by atoms with Gasteiger partial charge in [0.1, 0.15) is 11.3 Å². The van der Waals surface area contributed by atoms with E-state index in [2.05, 4.69) is 96.0 Å². The molecule has 12 rings (SSSR count). The number of imidazole rings is 2. The van der Waals surface area contributed by atoms with Crippen molar-refractivity contribution in [2.75, 3.05) is 0 Å². The summed E-state index contributed by atoms with van der Waals surface area (Å²) >= 11 is 0. The molecular formula is C60H40F3N5O3S. The molecule has 12 heteroatoms. The maximum Gasteiger partial charge on any atom is 0.534 e. The van der Waals surface area contributed by atoms with Crippen molar-refractivity contribution in [2.45, 2.75) is 19.4 Å². The molecule has 0 aliphatic carbocycles. The van der Waals surface area contributed by atoms with Gasteiger partial charge in [-0.3, -0.25) is 4.98 Å². The minimum absolute atomic E-state index is 0.141. The minimum Gasteiger partial charge on any atom is -0.375 e. The number of halogens is 3. The Bertz CT molecular complexity index is 4060. The van der Waals surface area contributed by atoms with Gasteiger partial charge < -0.3 is 13.0 Å². The standard InChI is InChI=1S/C60H40F3N5O3S/c1-37-35-67-27-24-41-29-39(18-21-52(41)58(67)65-37)47-11-3-5-13-49(47)44-31-45(50-14-6-4-12-48(50)40-19-22-53-42(30-40)25-28-68-36-38(2)66-59(53)68)33-46(32-44)51-15-7-8-16-54(51)55-23-20-43(56-17-9-10-26-64-56)34-57(55)71-72(69,70)60(61,62)63/h3-36H,1-2H3. The predicted octanol–water partition coefficient (Wildman–Crippen LogP) is 15.2. The van der Waals surface area contributed by atoms with Crippen molar-refractivity contribution in [2.24, 2.45) is 0 Å². The molecule has 5 aromatic heterocycles. The summed E-state index contributed by atoms with van der Waals surface area (Å²) in [6, 6.07) is 56.7. The molecule has 0 amide bonds. The first-order valence-electron chi connectivity index (χ1n) is 23.1. The van der Waals surface area contributed by atoms with Crippen molar-refractivity contribution in [3.05, 3.63) is 218 Å². The second-order valence-electron chi connectivity index (χ2n) is 17.8. The molecule has 0 aliphatic rings. The van der Waals surface area contributed by atoms with Gasteiger partial charge in [0, 0.05) is 52.9 Å². The Morgan fingerprint density at radius 3 is 1.38 bits per heavy atom. The third-order valence-electron chi connectivity index (χ3n) is 13.1. The molecule has 5 heterocycles. The molecule has 0 fully saturated rings. The Morgan fingerprint density at radius 2 is 0.903 bits per heavy atom. The zero-order valence-corrected chi connectivity index (χ0v) is 39.4. The number of nitrogens with zero attached hydrogens (tertiary/aromatic N) is 5. The Hall–Kier alpha value is -8.87. The second kappa shape index (κ2) is 17.2. The monoisotopic (exact) mass is 967 g/mol. The number of benzene rings is 7. The van der Waals surface area contributed by atoms with E-state index in [9.17, 15) is 21.6 Å². The highest BCUT2D eigenvalue weighted by Crippen LogP contribution is 2.45. The number of rotatable bonds is 9. The number of aromatic nitrogens is 5. The van der Waals surface area contributed by atoms with Gasteiger partial charge in [-0.2, -0.15) is 21.6 Å². The lowest BCUT2D eigenvalue weighted by Crippen LogP contribution is -2.28. The van der Waals surface area contributed by atoms with Gasteiger partial charge in [0.2, 0.25) is 0 Å². The predicted molar refractivity (Wildman–Crippen MR) is 280 cm³/mol. The van der Waals surface area contributed by atoms with Gasteiger partial charge >= 0.3 is 15.6 Å². The molecule has 7 aromatic carbocycles. The van der Waals surface area contributed by atoms with Gasteiger partial charge in [0.25, 0.3) is 0 Å². The van der Waals surface area contributed by atoms with E-state index in [1.54, 1.807) is 48.7 Å². The van der Waals surface area contributed by atoms with Crippen LogP contribution in [-0.4, -0.2) is 37.7 Å². The number of aryl methyl sites for hydroxylation is 2. The Labute approximate surface area is 412 Å². The molecule has 0 saturated heterocycles. The Morgan fingerprint density at radius 1 is 0.458 bits per heavy atom. The Kier molecular flexibility index (Phi) is 10.6. The van der Waals surface area contributed by atoms with Crippen LogP contribution in [-0.2, 0) is 10.1 Å². The molecule has 350 valence electrons. The van der Waals surface area contributed by atoms with Crippen molar-refractivity contribution in [3.8, 4) is 83.8 Å². The van der Waals surface area contributed by atoms with Crippen molar-refractivity contribution in [3.63, 3.8) is 0 Å². The summed E-state index contributed by atoms with van der Waals surface area (Å²) in [7, 11) is -6.08. The lowest BCUT2D eigenvalue weighted by atomic mass is 9.86. The average Bonchev–Trinajstić information content (AvgIpc) is 3.99. The maximum atomic E-state index is 14.1. The van der Waals surface area contributed by atoms with Crippen molar-refractivity contribution in [1.29, 1.82) is 0 Å². The first-order valence-corrected chi connectivity index (χ1v) is 24.5. The summed E-state index contributed by atoms with van der Waals surface area (Å²) in [4.78, 5) is 13.9. The molecule has 0 bridgehead atoms. The number of alkyl halides is 3. The van der Waals surface area contributed by atoms with Crippen LogP contribution in [0.1, 0.15) is 11.4 Å². The van der Waals surface area contributed by atoms with E-state index < -0.39 is 21.4 Å². The van der Waals surface area contributed by atoms with Gasteiger partial charge in [-0.15, -0.1) is 0 Å². The number of pyridine rings is 3. The summed E-state index contributed by atoms with van der Waals surface area (Å²) in [5.74, 6) is -0.492. The first kappa shape index (κ1) is 44.3. The van der Waals surface area contributed by atoms with Gasteiger partial charge in [-0.25, -0.2) is 9.97 Å². The van der Waals surface area contributed by atoms with Crippen LogP contribution in [0, 0.1) is 13.8 Å². The van der Waals surface area contributed by atoms with Crippen LogP contribution >= 0.6 is 0 Å². The molecule has 0 radical (unpaired) electrons. The fraction of sp³-hybridized carbons (Fsp3) is 0.0500. The third kappa shape index (κ3) is 7.91. The van der Waals surface area contributed by atoms with E-state index in [4.69, 9.17) is 14.2 Å². The van der Waals surface area contributed by atoms with E-state index in [0.29, 0.717) is 22.4 Å². The van der Waals surface area contributed by atoms with E-state index in [1.165, 1.54) is 6.07 Å². The van der Waals surface area contributed by atoms with Gasteiger partial charge in [0.05, 0.1) is 17.1 Å². The van der Waals surface area contributed by atoms with Crippen LogP contribution in [0.3, 0.4) is 0 Å². The van der Waals surface area contributed by atoms with E-state index in [-0.39, 0.29) is 5.56 Å². The zero-order valence-electron chi connectivity index (χ0n) is 38.6. The maximum absolute atomic E-state index is 14.1. The highest BCUT2D eigenvalue weighted by Gasteiger charge is 2.49. The largest absolute Gasteiger partial charge is 0.534 e. The summed E-state index contributed by atoms with van der Waals surface area (Å²) in [6.45, 7) is 3.96. The molecule has 0 spiro atoms. The van der Waals surface area contributed by atoms with Crippen LogP contribution in [0.25, 0.3) is 111 Å². The lowest BCUT2D eigenvalue weighted by Gasteiger charge is -2.19. The van der Waals surface area contributed by atoms with Crippen molar-refractivity contribution < 1.29 is 25.8 Å². The van der Waals surface area contributed by atoms with Crippen LogP contribution in [0.4, 0.5) is 13.2 Å². The summed E-state index contributed by atoms with van der Waals surface area (Å²) < 4.78 is 77.0. The SMILES string of the molecule is Cc1cn2ccc3cc(-c4ccccc4-c4cc(-c5ccccc5-c5ccc6c(ccn7cc(C)nc67)c5)cc(-c5ccccc5-c5ccc(-c6ccccn6)cc5OS(=O)(=O)C(F)(F)F)c4)ccc3c2n1. The molecule has 0 unspecified atom stereocenters. The van der Waals surface area contributed by atoms with E-state index >= 15 is 0 Å². The van der Waals surface area contributed by atoms with Gasteiger partial charge in [-0.05, 0) is 153 Å². The fourth-order valence-electron chi connectivity index (χ4n) is 9.83. The number of hydrogen-bond acceptors (Lipinski definition) is 6. The van der Waals surface area contributed by atoms with Crippen molar-refractivity contribution in [1.82, 2.24) is 23.8 Å². The quantitative estimate of drug-likeness (QED) is 0.106. The summed E-state index contributed by atoms with van der Waals surface area (Å²) in [5, 5.41) is 4.14. The van der Waals surface area contributed by atoms with Gasteiger partial charge in [0.15, 0.2) is 5.75 Å². The molecular weight excluding hydrogens is 928 g/mol. The smallest absolute Gasteiger partial charge is 0.375 e.